The first-order valence-electron chi connectivity index (χ1n) is 29.8. The summed E-state index contributed by atoms with van der Waals surface area (Å²) in [6, 6.07) is 17.3. The van der Waals surface area contributed by atoms with E-state index in [1.165, 1.54) is 12.1 Å². The maximum Gasteiger partial charge on any atom is 0.408 e. The van der Waals surface area contributed by atoms with Gasteiger partial charge in [0.1, 0.15) is 78.8 Å². The van der Waals surface area contributed by atoms with Gasteiger partial charge in [-0.1, -0.05) is 78.9 Å². The molecule has 3 aliphatic rings. The smallest absolute Gasteiger partial charge is 0.408 e. The van der Waals surface area contributed by atoms with Crippen LogP contribution in [0.1, 0.15) is 124 Å². The highest BCUT2D eigenvalue weighted by molar-refractivity contribution is 7.86. The average molecular weight is 1300 g/mol. The molecule has 0 aromatic heterocycles. The maximum absolute atomic E-state index is 14.2. The Bertz CT molecular complexity index is 3010. The first kappa shape index (κ1) is 72.5. The van der Waals surface area contributed by atoms with Crippen molar-refractivity contribution in [2.24, 2.45) is 0 Å². The number of hydrogen-bond acceptors (Lipinski definition) is 22. The molecule has 0 radical (unpaired) electrons. The van der Waals surface area contributed by atoms with Gasteiger partial charge in [0.05, 0.1) is 42.1 Å². The number of carbonyl (C=O) groups excluding carboxylic acids is 7. The molecule has 2 saturated heterocycles. The minimum Gasteiger partial charge on any atom is -0.459 e. The Balaban J connectivity index is 1.50. The summed E-state index contributed by atoms with van der Waals surface area (Å²) in [5, 5.41) is 29.4. The molecule has 7 N–H and O–H groups in total. The average Bonchev–Trinajstić information content (AvgIpc) is 0.870. The van der Waals surface area contributed by atoms with Crippen molar-refractivity contribution in [1.82, 2.24) is 31.9 Å². The molecule has 28 nitrogen and oxygen atoms in total. The van der Waals surface area contributed by atoms with Crippen molar-refractivity contribution < 1.29 is 103 Å². The lowest BCUT2D eigenvalue weighted by Gasteiger charge is -2.50. The highest BCUT2D eigenvalue weighted by Gasteiger charge is 2.56. The standard InChI is InChI=1S/C62H88N6O22S/c1-59(2,3)86-53(71)63-32-39-29-30-40(64-56(74)87-60(4,5)6)51(82-39)84-47-42(66-57(75)88-61(7,8)9)31-41(65-54(72)80-33-36-23-17-14-18-24-36)48(46(47)69)85-52-45(68-58(76)89-62(10,11)12)44(67-55(73)81-34-37-25-19-15-20-26-37)49(90-91(13,77)78)43(83-52)35-79-50(70)38-27-21-16-22-28-38/h14-28,39-49,51-52,69H,29-35H2,1-13H3,(H,63,71)(H,64,74)(H,65,72)(H,66,75)(H,67,73)(H,68,76)/t39-,40+,41+,42-,43+,44+,45+,46-,47+,48-,49+,51+,52+/m0/s1. The minimum atomic E-state index is -4.58. The first-order chi connectivity index (χ1) is 42.5. The fourth-order valence-electron chi connectivity index (χ4n) is 9.77. The van der Waals surface area contributed by atoms with Gasteiger partial charge in [0.15, 0.2) is 12.6 Å². The predicted molar refractivity (Wildman–Crippen MR) is 324 cm³/mol. The van der Waals surface area contributed by atoms with E-state index in [0.29, 0.717) is 17.4 Å². The van der Waals surface area contributed by atoms with E-state index in [1.807, 2.05) is 0 Å². The number of ether oxygens (including phenoxy) is 11. The van der Waals surface area contributed by atoms with E-state index in [9.17, 15) is 47.1 Å². The van der Waals surface area contributed by atoms with Crippen molar-refractivity contribution in [3.63, 3.8) is 0 Å². The second-order valence-electron chi connectivity index (χ2n) is 26.0. The zero-order valence-electron chi connectivity index (χ0n) is 53.5. The first-order valence-corrected chi connectivity index (χ1v) is 31.6. The van der Waals surface area contributed by atoms with Crippen LogP contribution in [0.15, 0.2) is 91.0 Å². The third-order valence-electron chi connectivity index (χ3n) is 13.4. The number of amides is 6. The Labute approximate surface area is 530 Å². The van der Waals surface area contributed by atoms with Crippen LogP contribution >= 0.6 is 0 Å². The third kappa shape index (κ3) is 24.9. The van der Waals surface area contributed by atoms with Crippen LogP contribution in [0.3, 0.4) is 0 Å². The lowest BCUT2D eigenvalue weighted by Crippen LogP contribution is -2.73. The molecule has 6 rings (SSSR count). The molecule has 3 aromatic carbocycles. The largest absolute Gasteiger partial charge is 0.459 e. The van der Waals surface area contributed by atoms with Crippen LogP contribution in [0, 0.1) is 0 Å². The number of rotatable bonds is 20. The molecule has 504 valence electrons. The zero-order valence-corrected chi connectivity index (χ0v) is 54.4. The number of aliphatic hydroxyl groups is 1. The van der Waals surface area contributed by atoms with E-state index < -0.39 is 167 Å². The topological polar surface area (TPSA) is 357 Å². The van der Waals surface area contributed by atoms with Crippen molar-refractivity contribution in [3.8, 4) is 0 Å². The number of hydrogen-bond donors (Lipinski definition) is 7. The van der Waals surface area contributed by atoms with Crippen molar-refractivity contribution in [2.45, 2.75) is 217 Å². The van der Waals surface area contributed by atoms with E-state index in [0.717, 1.165) is 0 Å². The molecule has 2 aliphatic heterocycles. The molecule has 0 spiro atoms. The molecule has 3 fully saturated rings. The summed E-state index contributed by atoms with van der Waals surface area (Å²) in [4.78, 5) is 96.7. The summed E-state index contributed by atoms with van der Waals surface area (Å²) in [6.45, 7) is 18.0. The lowest BCUT2D eigenvalue weighted by atomic mass is 9.83. The van der Waals surface area contributed by atoms with Gasteiger partial charge < -0.3 is 89.1 Å². The Kier molecular flexibility index (Phi) is 25.2. The zero-order chi connectivity index (χ0) is 67.1. The molecular weight excluding hydrogens is 1210 g/mol. The fraction of sp³-hybridized carbons (Fsp3) is 0.597. The lowest BCUT2D eigenvalue weighted by molar-refractivity contribution is -0.297. The number of nitrogens with one attached hydrogen (secondary N) is 6. The van der Waals surface area contributed by atoms with Gasteiger partial charge in [-0.15, -0.1) is 0 Å². The van der Waals surface area contributed by atoms with Crippen molar-refractivity contribution in [2.75, 3.05) is 19.4 Å². The van der Waals surface area contributed by atoms with Crippen LogP contribution in [0.4, 0.5) is 28.8 Å². The van der Waals surface area contributed by atoms with Crippen molar-refractivity contribution in [1.29, 1.82) is 0 Å². The van der Waals surface area contributed by atoms with Crippen LogP contribution in [0.5, 0.6) is 0 Å². The molecule has 29 heteroatoms. The van der Waals surface area contributed by atoms with E-state index in [1.54, 1.807) is 162 Å². The summed E-state index contributed by atoms with van der Waals surface area (Å²) in [5.74, 6) is -0.905. The number of carbonyl (C=O) groups is 7. The number of esters is 1. The summed E-state index contributed by atoms with van der Waals surface area (Å²) in [6.07, 6.45) is -19.2. The summed E-state index contributed by atoms with van der Waals surface area (Å²) < 4.78 is 98.7. The molecule has 2 heterocycles. The minimum absolute atomic E-state index is 0.0745. The Morgan fingerprint density at radius 1 is 0.505 bits per heavy atom. The number of benzene rings is 3. The highest BCUT2D eigenvalue weighted by Crippen LogP contribution is 2.35. The van der Waals surface area contributed by atoms with Crippen LogP contribution in [0.2, 0.25) is 0 Å². The monoisotopic (exact) mass is 1300 g/mol. The number of aliphatic hydroxyl groups excluding tert-OH is 1. The van der Waals surface area contributed by atoms with Gasteiger partial charge in [0.25, 0.3) is 10.1 Å². The van der Waals surface area contributed by atoms with E-state index in [4.69, 9.17) is 56.3 Å². The second-order valence-corrected chi connectivity index (χ2v) is 27.6. The molecule has 0 bridgehead atoms. The quantitative estimate of drug-likeness (QED) is 0.0349. The molecule has 0 unspecified atom stereocenters. The maximum atomic E-state index is 14.2. The Morgan fingerprint density at radius 2 is 0.934 bits per heavy atom. The van der Waals surface area contributed by atoms with Crippen LogP contribution in [-0.4, -0.2) is 177 Å². The van der Waals surface area contributed by atoms with E-state index in [-0.39, 0.29) is 38.2 Å². The molecule has 1 aliphatic carbocycles. The van der Waals surface area contributed by atoms with Crippen LogP contribution < -0.4 is 31.9 Å². The molecular formula is C62H88N6O22S. The van der Waals surface area contributed by atoms with Gasteiger partial charge in [-0.2, -0.15) is 8.42 Å². The summed E-state index contributed by atoms with van der Waals surface area (Å²) in [7, 11) is -4.58. The van der Waals surface area contributed by atoms with Gasteiger partial charge in [-0.3, -0.25) is 4.18 Å². The SMILES string of the molecule is CC(C)(C)OC(=O)NC[C@@H]1CC[C@@H](NC(=O)OC(C)(C)C)[C@@H](O[C@H]2[C@H](O)[C@@H](O[C@H]3O[C@H](COC(=O)c4ccccc4)[C@@H](OS(C)(=O)=O)[C@H](NC(=O)OCc4ccccc4)[C@H]3NC(=O)OC(C)(C)C)[C@H](NC(=O)OCc3ccccc3)C[C@@H]2NC(=O)OC(C)(C)C)O1. The van der Waals surface area contributed by atoms with Gasteiger partial charge in [-0.05, 0) is 126 Å². The van der Waals surface area contributed by atoms with E-state index in [2.05, 4.69) is 31.9 Å². The summed E-state index contributed by atoms with van der Waals surface area (Å²) in [5.41, 5.74) is -2.89. The molecule has 1 saturated carbocycles. The van der Waals surface area contributed by atoms with Crippen LogP contribution in [-0.2, 0) is 79.6 Å². The normalized spacial score (nSPS) is 25.4. The fourth-order valence-corrected chi connectivity index (χ4v) is 10.4. The molecule has 6 amide bonds. The van der Waals surface area contributed by atoms with Gasteiger partial charge in [0.2, 0.25) is 0 Å². The van der Waals surface area contributed by atoms with Crippen LogP contribution in [0.25, 0.3) is 0 Å². The Morgan fingerprint density at radius 3 is 1.43 bits per heavy atom. The predicted octanol–water partition coefficient (Wildman–Crippen LogP) is 6.75. The second kappa shape index (κ2) is 31.7. The van der Waals surface area contributed by atoms with E-state index >= 15 is 0 Å². The molecule has 13 atom stereocenters. The van der Waals surface area contributed by atoms with Gasteiger partial charge >= 0.3 is 42.5 Å². The van der Waals surface area contributed by atoms with Gasteiger partial charge in [-0.25, -0.2) is 33.6 Å². The highest BCUT2D eigenvalue weighted by atomic mass is 32.2. The molecule has 91 heavy (non-hydrogen) atoms. The number of alkyl carbamates (subject to hydrolysis) is 6. The molecule has 3 aromatic rings. The van der Waals surface area contributed by atoms with Gasteiger partial charge in [0, 0.05) is 6.54 Å². The van der Waals surface area contributed by atoms with Crippen molar-refractivity contribution in [3.05, 3.63) is 108 Å². The summed E-state index contributed by atoms with van der Waals surface area (Å²) >= 11 is 0. The third-order valence-corrected chi connectivity index (χ3v) is 13.9. The Hall–Kier alpha value is -7.54. The van der Waals surface area contributed by atoms with Crippen molar-refractivity contribution >= 4 is 52.6 Å².